The lowest BCUT2D eigenvalue weighted by Crippen LogP contribution is -2.27. The highest BCUT2D eigenvalue weighted by molar-refractivity contribution is 9.10. The van der Waals surface area contributed by atoms with Crippen LogP contribution in [0, 0.1) is 0 Å². The maximum absolute atomic E-state index is 12.9. The van der Waals surface area contributed by atoms with Crippen molar-refractivity contribution >= 4 is 39.6 Å². The van der Waals surface area contributed by atoms with Crippen molar-refractivity contribution < 1.29 is 28.6 Å². The second kappa shape index (κ2) is 10.1. The van der Waals surface area contributed by atoms with Gasteiger partial charge in [-0.2, -0.15) is 5.10 Å². The number of aromatic nitrogens is 2. The first-order valence-corrected chi connectivity index (χ1v) is 11.0. The van der Waals surface area contributed by atoms with Gasteiger partial charge in [0, 0.05) is 10.0 Å². The minimum absolute atomic E-state index is 0.104. The smallest absolute Gasteiger partial charge is 0.412 e. The van der Waals surface area contributed by atoms with E-state index >= 15 is 0 Å². The number of para-hydroxylation sites is 1. The predicted octanol–water partition coefficient (Wildman–Crippen LogP) is 5.22. The Hall–Kier alpha value is -3.66. The van der Waals surface area contributed by atoms with Crippen LogP contribution >= 0.6 is 15.9 Å². The van der Waals surface area contributed by atoms with E-state index < -0.39 is 23.6 Å². The quantitative estimate of drug-likeness (QED) is 0.356. The Morgan fingerprint density at radius 2 is 1.62 bits per heavy atom. The Labute approximate surface area is 205 Å². The van der Waals surface area contributed by atoms with E-state index in [1.165, 1.54) is 18.9 Å². The van der Waals surface area contributed by atoms with Crippen molar-refractivity contribution in [3.05, 3.63) is 64.3 Å². The predicted molar refractivity (Wildman–Crippen MR) is 129 cm³/mol. The fraction of sp³-hybridized carbons (Fsp3) is 0.250. The lowest BCUT2D eigenvalue weighted by atomic mass is 10.0. The van der Waals surface area contributed by atoms with Crippen molar-refractivity contribution in [2.75, 3.05) is 19.5 Å². The molecule has 1 heterocycles. The summed E-state index contributed by atoms with van der Waals surface area (Å²) in [5.74, 6) is -1.56. The van der Waals surface area contributed by atoms with Gasteiger partial charge in [-0.15, -0.1) is 0 Å². The highest BCUT2D eigenvalue weighted by Gasteiger charge is 2.32. The third-order valence-electron chi connectivity index (χ3n) is 4.53. The zero-order valence-corrected chi connectivity index (χ0v) is 20.9. The van der Waals surface area contributed by atoms with Crippen molar-refractivity contribution in [2.24, 2.45) is 0 Å². The minimum Gasteiger partial charge on any atom is -0.465 e. The Bertz CT molecular complexity index is 1230. The summed E-state index contributed by atoms with van der Waals surface area (Å²) in [6.45, 7) is 5.23. The van der Waals surface area contributed by atoms with Crippen LogP contribution in [0.25, 0.3) is 16.9 Å². The average molecular weight is 530 g/mol. The summed E-state index contributed by atoms with van der Waals surface area (Å²) in [6.07, 6.45) is -0.692. The lowest BCUT2D eigenvalue weighted by molar-refractivity contribution is 0.0549. The van der Waals surface area contributed by atoms with E-state index in [-0.39, 0.29) is 17.0 Å². The van der Waals surface area contributed by atoms with Crippen LogP contribution in [-0.4, -0.2) is 47.6 Å². The topological polar surface area (TPSA) is 109 Å². The molecule has 2 aromatic carbocycles. The molecule has 0 bridgehead atoms. The normalized spacial score (nSPS) is 11.0. The van der Waals surface area contributed by atoms with Crippen molar-refractivity contribution in [3.63, 3.8) is 0 Å². The van der Waals surface area contributed by atoms with Crippen molar-refractivity contribution in [1.82, 2.24) is 9.78 Å². The van der Waals surface area contributed by atoms with E-state index in [0.29, 0.717) is 21.4 Å². The van der Waals surface area contributed by atoms with E-state index in [1.807, 2.05) is 6.07 Å². The third-order valence-corrected chi connectivity index (χ3v) is 5.02. The number of esters is 2. The zero-order chi connectivity index (χ0) is 25.0. The van der Waals surface area contributed by atoms with Gasteiger partial charge in [-0.05, 0) is 51.1 Å². The highest BCUT2D eigenvalue weighted by Crippen LogP contribution is 2.35. The number of carbonyl (C=O) groups excluding carboxylic acids is 3. The molecule has 0 saturated carbocycles. The molecular weight excluding hydrogens is 506 g/mol. The van der Waals surface area contributed by atoms with Crippen LogP contribution in [0.4, 0.5) is 10.5 Å². The van der Waals surface area contributed by atoms with Gasteiger partial charge in [0.05, 0.1) is 25.6 Å². The molecule has 0 aliphatic carbocycles. The molecule has 3 aromatic rings. The molecule has 0 aliphatic heterocycles. The fourth-order valence-corrected chi connectivity index (χ4v) is 3.54. The number of hydrogen-bond acceptors (Lipinski definition) is 7. The molecule has 0 atom stereocenters. The Balaban J connectivity index is 2.28. The summed E-state index contributed by atoms with van der Waals surface area (Å²) < 4.78 is 17.3. The van der Waals surface area contributed by atoms with Crippen LogP contribution in [-0.2, 0) is 14.2 Å². The molecule has 9 nitrogen and oxygen atoms in total. The number of hydrogen-bond donors (Lipinski definition) is 1. The van der Waals surface area contributed by atoms with Crippen LogP contribution in [0.15, 0.2) is 53.0 Å². The number of amides is 1. The number of anilines is 1. The van der Waals surface area contributed by atoms with Crippen LogP contribution in [0.5, 0.6) is 0 Å². The Morgan fingerprint density at radius 3 is 2.21 bits per heavy atom. The number of ether oxygens (including phenoxy) is 3. The molecule has 1 amide bonds. The van der Waals surface area contributed by atoms with E-state index in [9.17, 15) is 14.4 Å². The largest absolute Gasteiger partial charge is 0.465 e. The van der Waals surface area contributed by atoms with Gasteiger partial charge in [0.15, 0.2) is 5.69 Å². The first kappa shape index (κ1) is 25.0. The molecule has 3 rings (SSSR count). The molecule has 0 spiro atoms. The highest BCUT2D eigenvalue weighted by atomic mass is 79.9. The van der Waals surface area contributed by atoms with Crippen molar-refractivity contribution in [3.8, 4) is 16.9 Å². The number of halogens is 1. The number of nitrogens with zero attached hydrogens (tertiary/aromatic N) is 2. The molecule has 1 aromatic heterocycles. The molecule has 0 saturated heterocycles. The molecule has 0 aliphatic rings. The van der Waals surface area contributed by atoms with E-state index in [2.05, 4.69) is 26.3 Å². The molecule has 0 unspecified atom stereocenters. The van der Waals surface area contributed by atoms with Crippen LogP contribution in [0.1, 0.15) is 41.6 Å². The molecule has 178 valence electrons. The lowest BCUT2D eigenvalue weighted by Gasteiger charge is -2.20. The van der Waals surface area contributed by atoms with Gasteiger partial charge < -0.3 is 14.2 Å². The third kappa shape index (κ3) is 5.45. The van der Waals surface area contributed by atoms with Gasteiger partial charge in [0.2, 0.25) is 0 Å². The van der Waals surface area contributed by atoms with Crippen molar-refractivity contribution in [1.29, 1.82) is 0 Å². The number of methoxy groups -OCH3 is 2. The van der Waals surface area contributed by atoms with Crippen LogP contribution in [0.2, 0.25) is 0 Å². The molecule has 10 heteroatoms. The zero-order valence-electron chi connectivity index (χ0n) is 19.3. The monoisotopic (exact) mass is 529 g/mol. The SMILES string of the molecule is COC(=O)c1c(-c2ccc(Br)cc2NC(=O)OC(C)(C)C)nn(-c2ccccc2)c1C(=O)OC. The summed E-state index contributed by atoms with van der Waals surface area (Å²) in [7, 11) is 2.41. The molecular formula is C24H24BrN3O6. The molecule has 1 N–H and O–H groups in total. The number of rotatable bonds is 5. The van der Waals surface area contributed by atoms with E-state index in [1.54, 1.807) is 63.2 Å². The number of nitrogens with one attached hydrogen (secondary N) is 1. The maximum atomic E-state index is 12.9. The maximum Gasteiger partial charge on any atom is 0.412 e. The Kier molecular flexibility index (Phi) is 7.41. The molecule has 0 radical (unpaired) electrons. The van der Waals surface area contributed by atoms with Crippen LogP contribution in [0.3, 0.4) is 0 Å². The summed E-state index contributed by atoms with van der Waals surface area (Å²) in [6, 6.07) is 13.8. The fourth-order valence-electron chi connectivity index (χ4n) is 3.18. The standard InChI is InChI=1S/C24H24BrN3O6/c1-24(2,3)34-23(31)26-17-13-14(25)11-12-16(17)19-18(21(29)32-4)20(22(30)33-5)28(27-19)15-9-7-6-8-10-15/h6-13H,1-5H3,(H,26,31). The van der Waals surface area contributed by atoms with Crippen LogP contribution < -0.4 is 5.32 Å². The summed E-state index contributed by atoms with van der Waals surface area (Å²) >= 11 is 3.39. The summed E-state index contributed by atoms with van der Waals surface area (Å²) in [4.78, 5) is 38.2. The van der Waals surface area contributed by atoms with E-state index in [4.69, 9.17) is 14.2 Å². The van der Waals surface area contributed by atoms with Gasteiger partial charge in [-0.25, -0.2) is 19.1 Å². The second-order valence-corrected chi connectivity index (χ2v) is 9.04. The van der Waals surface area contributed by atoms with E-state index in [0.717, 1.165) is 0 Å². The first-order chi connectivity index (χ1) is 16.1. The minimum atomic E-state index is -0.788. The number of carbonyl (C=O) groups is 3. The average Bonchev–Trinajstić information content (AvgIpc) is 3.17. The second-order valence-electron chi connectivity index (χ2n) is 8.12. The van der Waals surface area contributed by atoms with Gasteiger partial charge in [-0.1, -0.05) is 34.1 Å². The summed E-state index contributed by atoms with van der Waals surface area (Å²) in [5.41, 5.74) is 0.389. The van der Waals surface area contributed by atoms with Gasteiger partial charge >= 0.3 is 18.0 Å². The van der Waals surface area contributed by atoms with Gasteiger partial charge in [-0.3, -0.25) is 5.32 Å². The molecule has 34 heavy (non-hydrogen) atoms. The molecule has 0 fully saturated rings. The van der Waals surface area contributed by atoms with Gasteiger partial charge in [0.25, 0.3) is 0 Å². The number of benzene rings is 2. The first-order valence-electron chi connectivity index (χ1n) is 10.2. The van der Waals surface area contributed by atoms with Crippen molar-refractivity contribution in [2.45, 2.75) is 26.4 Å². The summed E-state index contributed by atoms with van der Waals surface area (Å²) in [5, 5.41) is 7.26. The Morgan fingerprint density at radius 1 is 0.971 bits per heavy atom. The van der Waals surface area contributed by atoms with Gasteiger partial charge in [0.1, 0.15) is 16.9 Å².